The van der Waals surface area contributed by atoms with Crippen molar-refractivity contribution in [3.8, 4) is 0 Å². The Morgan fingerprint density at radius 2 is 1.96 bits per heavy atom. The molecule has 24 heavy (non-hydrogen) atoms. The minimum atomic E-state index is -0.906. The molecule has 2 atom stereocenters. The first-order chi connectivity index (χ1) is 11.1. The maximum Gasteiger partial charge on any atom is 0.325 e. The minimum Gasteiger partial charge on any atom is -0.481 e. The summed E-state index contributed by atoms with van der Waals surface area (Å²) in [6, 6.07) is -0.418. The first kappa shape index (κ1) is 18.2. The van der Waals surface area contributed by atoms with Crippen molar-refractivity contribution in [2.24, 2.45) is 5.92 Å². The molecule has 0 aromatic carbocycles. The lowest BCUT2D eigenvalue weighted by atomic mass is 9.93. The standard InChI is InChI=1S/C16H25N3O5/c1-10-6-7-11(13(21)22)9-19(10)12(20)5-4-8-18-14(23)16(2,3)17-15(18)24/h10-11H,4-9H2,1-3H3,(H,17,24)(H,21,22). The molecular weight excluding hydrogens is 314 g/mol. The maximum atomic E-state index is 12.4. The average molecular weight is 339 g/mol. The van der Waals surface area contributed by atoms with Gasteiger partial charge in [-0.1, -0.05) is 0 Å². The number of carbonyl (C=O) groups excluding carboxylic acids is 3. The van der Waals surface area contributed by atoms with Crippen molar-refractivity contribution in [3.63, 3.8) is 0 Å². The third-order valence-electron chi connectivity index (χ3n) is 4.77. The largest absolute Gasteiger partial charge is 0.481 e. The van der Waals surface area contributed by atoms with E-state index in [4.69, 9.17) is 5.11 Å². The third-order valence-corrected chi connectivity index (χ3v) is 4.77. The first-order valence-electron chi connectivity index (χ1n) is 8.30. The Bertz CT molecular complexity index is 560. The Morgan fingerprint density at radius 1 is 1.29 bits per heavy atom. The molecule has 2 unspecified atom stereocenters. The predicted molar refractivity (Wildman–Crippen MR) is 85.1 cm³/mol. The molecular formula is C16H25N3O5. The SMILES string of the molecule is CC1CCC(C(=O)O)CN1C(=O)CCCN1C(=O)NC(C)(C)C1=O. The second-order valence-electron chi connectivity index (χ2n) is 7.12. The highest BCUT2D eigenvalue weighted by atomic mass is 16.4. The van der Waals surface area contributed by atoms with E-state index in [1.807, 2.05) is 6.92 Å². The lowest BCUT2D eigenvalue weighted by molar-refractivity contribution is -0.147. The molecule has 0 saturated carbocycles. The zero-order valence-corrected chi connectivity index (χ0v) is 14.4. The monoisotopic (exact) mass is 339 g/mol. The van der Waals surface area contributed by atoms with Crippen LogP contribution in [0.4, 0.5) is 4.79 Å². The predicted octanol–water partition coefficient (Wildman–Crippen LogP) is 0.809. The van der Waals surface area contributed by atoms with Gasteiger partial charge in [-0.15, -0.1) is 0 Å². The van der Waals surface area contributed by atoms with Crippen LogP contribution in [-0.4, -0.2) is 63.4 Å². The molecule has 2 rings (SSSR count). The molecule has 2 fully saturated rings. The van der Waals surface area contributed by atoms with Crippen LogP contribution in [0, 0.1) is 5.92 Å². The number of hydrogen-bond acceptors (Lipinski definition) is 4. The van der Waals surface area contributed by atoms with Gasteiger partial charge in [0.15, 0.2) is 0 Å². The quantitative estimate of drug-likeness (QED) is 0.721. The molecule has 8 heteroatoms. The van der Waals surface area contributed by atoms with Crippen LogP contribution in [0.5, 0.6) is 0 Å². The number of carboxylic acid groups (broad SMARTS) is 1. The highest BCUT2D eigenvalue weighted by Crippen LogP contribution is 2.23. The second kappa shape index (κ2) is 6.78. The molecule has 0 aromatic heterocycles. The van der Waals surface area contributed by atoms with Crippen LogP contribution in [-0.2, 0) is 14.4 Å². The molecule has 2 heterocycles. The van der Waals surface area contributed by atoms with Gasteiger partial charge in [-0.05, 0) is 40.0 Å². The van der Waals surface area contributed by atoms with Crippen LogP contribution in [0.15, 0.2) is 0 Å². The summed E-state index contributed by atoms with van der Waals surface area (Å²) in [6.45, 7) is 5.60. The van der Waals surface area contributed by atoms with E-state index in [1.165, 1.54) is 0 Å². The molecule has 4 amide bonds. The highest BCUT2D eigenvalue weighted by molar-refractivity contribution is 6.06. The Hall–Kier alpha value is -2.12. The van der Waals surface area contributed by atoms with Crippen molar-refractivity contribution >= 4 is 23.8 Å². The molecule has 0 radical (unpaired) electrons. The van der Waals surface area contributed by atoms with Gasteiger partial charge < -0.3 is 15.3 Å². The van der Waals surface area contributed by atoms with Crippen molar-refractivity contribution in [2.45, 2.75) is 58.0 Å². The number of hydrogen-bond donors (Lipinski definition) is 2. The molecule has 2 aliphatic rings. The Morgan fingerprint density at radius 3 is 2.50 bits per heavy atom. The van der Waals surface area contributed by atoms with Crippen LogP contribution in [0.1, 0.15) is 46.5 Å². The number of imide groups is 1. The number of likely N-dealkylation sites (tertiary alicyclic amines) is 1. The maximum absolute atomic E-state index is 12.4. The fraction of sp³-hybridized carbons (Fsp3) is 0.750. The summed E-state index contributed by atoms with van der Waals surface area (Å²) < 4.78 is 0. The van der Waals surface area contributed by atoms with Gasteiger partial charge in [-0.2, -0.15) is 0 Å². The number of urea groups is 1. The van der Waals surface area contributed by atoms with Crippen molar-refractivity contribution in [1.29, 1.82) is 0 Å². The first-order valence-corrected chi connectivity index (χ1v) is 8.30. The average Bonchev–Trinajstić information content (AvgIpc) is 2.68. The zero-order valence-electron chi connectivity index (χ0n) is 14.4. The molecule has 134 valence electrons. The lowest BCUT2D eigenvalue weighted by Crippen LogP contribution is -2.47. The van der Waals surface area contributed by atoms with Crippen molar-refractivity contribution < 1.29 is 24.3 Å². The number of aliphatic carboxylic acids is 1. The number of amides is 4. The van der Waals surface area contributed by atoms with Crippen LogP contribution in [0.25, 0.3) is 0 Å². The van der Waals surface area contributed by atoms with Crippen molar-refractivity contribution in [3.05, 3.63) is 0 Å². The molecule has 2 N–H and O–H groups in total. The molecule has 2 saturated heterocycles. The topological polar surface area (TPSA) is 107 Å². The van der Waals surface area contributed by atoms with Gasteiger partial charge in [0.25, 0.3) is 5.91 Å². The van der Waals surface area contributed by atoms with Crippen LogP contribution < -0.4 is 5.32 Å². The molecule has 0 aliphatic carbocycles. The van der Waals surface area contributed by atoms with E-state index in [0.717, 1.165) is 4.90 Å². The summed E-state index contributed by atoms with van der Waals surface area (Å²) in [4.78, 5) is 50.1. The summed E-state index contributed by atoms with van der Waals surface area (Å²) >= 11 is 0. The van der Waals surface area contributed by atoms with Gasteiger partial charge in [0.1, 0.15) is 5.54 Å². The number of carboxylic acids is 1. The third kappa shape index (κ3) is 3.68. The highest BCUT2D eigenvalue weighted by Gasteiger charge is 2.43. The number of carbonyl (C=O) groups is 4. The fourth-order valence-electron chi connectivity index (χ4n) is 3.21. The van der Waals surface area contributed by atoms with Crippen LogP contribution >= 0.6 is 0 Å². The van der Waals surface area contributed by atoms with Gasteiger partial charge >= 0.3 is 12.0 Å². The van der Waals surface area contributed by atoms with E-state index in [1.54, 1.807) is 18.7 Å². The van der Waals surface area contributed by atoms with E-state index in [9.17, 15) is 19.2 Å². The van der Waals surface area contributed by atoms with E-state index in [0.29, 0.717) is 19.3 Å². The Labute approximate surface area is 141 Å². The number of nitrogens with one attached hydrogen (secondary N) is 1. The van der Waals surface area contributed by atoms with Crippen molar-refractivity contribution in [1.82, 2.24) is 15.1 Å². The van der Waals surface area contributed by atoms with E-state index >= 15 is 0 Å². The minimum absolute atomic E-state index is 0.0174. The summed E-state index contributed by atoms with van der Waals surface area (Å²) in [7, 11) is 0. The van der Waals surface area contributed by atoms with Gasteiger partial charge in [0, 0.05) is 25.6 Å². The molecule has 0 aromatic rings. The molecule has 0 spiro atoms. The molecule has 2 aliphatic heterocycles. The van der Waals surface area contributed by atoms with Gasteiger partial charge in [-0.3, -0.25) is 19.3 Å². The van der Waals surface area contributed by atoms with Gasteiger partial charge in [-0.25, -0.2) is 4.79 Å². The van der Waals surface area contributed by atoms with Crippen molar-refractivity contribution in [2.75, 3.05) is 13.1 Å². The number of piperidine rings is 1. The lowest BCUT2D eigenvalue weighted by Gasteiger charge is -2.36. The number of nitrogens with zero attached hydrogens (tertiary/aromatic N) is 2. The van der Waals surface area contributed by atoms with Crippen LogP contribution in [0.2, 0.25) is 0 Å². The van der Waals surface area contributed by atoms with Gasteiger partial charge in [0.05, 0.1) is 5.92 Å². The fourth-order valence-corrected chi connectivity index (χ4v) is 3.21. The Balaban J connectivity index is 1.86. The zero-order chi connectivity index (χ0) is 18.1. The van der Waals surface area contributed by atoms with E-state index < -0.39 is 23.5 Å². The van der Waals surface area contributed by atoms with Gasteiger partial charge in [0.2, 0.25) is 5.91 Å². The summed E-state index contributed by atoms with van der Waals surface area (Å²) in [5, 5.41) is 11.7. The Kier molecular flexibility index (Phi) is 5.15. The van der Waals surface area contributed by atoms with E-state index in [2.05, 4.69) is 5.32 Å². The molecule has 8 nitrogen and oxygen atoms in total. The smallest absolute Gasteiger partial charge is 0.325 e. The second-order valence-corrected chi connectivity index (χ2v) is 7.12. The molecule has 0 bridgehead atoms. The summed E-state index contributed by atoms with van der Waals surface area (Å²) in [5.41, 5.74) is -0.906. The van der Waals surface area contributed by atoms with E-state index in [-0.39, 0.29) is 37.4 Å². The normalized spacial score (nSPS) is 26.5. The summed E-state index contributed by atoms with van der Waals surface area (Å²) in [5.74, 6) is -1.81. The van der Waals surface area contributed by atoms with Crippen LogP contribution in [0.3, 0.4) is 0 Å². The number of rotatable bonds is 5. The summed E-state index contributed by atoms with van der Waals surface area (Å²) in [6.07, 6.45) is 1.81.